The zero-order valence-electron chi connectivity index (χ0n) is 16.9. The summed E-state index contributed by atoms with van der Waals surface area (Å²) in [4.78, 5) is 19.6. The molecule has 0 aromatic heterocycles. The fraction of sp³-hybridized carbons (Fsp3) is 0.778. The quantitative estimate of drug-likeness (QED) is 0.234. The predicted molar refractivity (Wildman–Crippen MR) is 116 cm³/mol. The Bertz CT molecular complexity index is 218. The first-order valence-corrected chi connectivity index (χ1v) is 9.77. The molecule has 5 nitrogen and oxygen atoms in total. The van der Waals surface area contributed by atoms with E-state index in [0.717, 1.165) is 12.8 Å². The van der Waals surface area contributed by atoms with Crippen molar-refractivity contribution in [3.8, 4) is 0 Å². The van der Waals surface area contributed by atoms with Gasteiger partial charge >= 0.3 is 29.9 Å². The number of aliphatic hydroxyl groups excluding tert-OH is 1. The van der Waals surface area contributed by atoms with Gasteiger partial charge in [-0.25, -0.2) is 0 Å². The van der Waals surface area contributed by atoms with Crippen LogP contribution in [-0.4, -0.2) is 65.7 Å². The van der Waals surface area contributed by atoms with Gasteiger partial charge in [0.15, 0.2) is 0 Å². The molecule has 0 amide bonds. The molecule has 0 saturated carbocycles. The van der Waals surface area contributed by atoms with Crippen LogP contribution in [0.1, 0.15) is 66.2 Å². The molecule has 1 N–H and O–H groups in total. The predicted octanol–water partition coefficient (Wildman–Crippen LogP) is 2.40. The van der Waals surface area contributed by atoms with Crippen molar-refractivity contribution >= 4 is 61.1 Å². The van der Waals surface area contributed by atoms with Crippen molar-refractivity contribution in [2.75, 3.05) is 24.7 Å². The number of hydrogen-bond donors (Lipinski definition) is 2. The minimum absolute atomic E-state index is 0. The Morgan fingerprint density at radius 1 is 1.08 bits per heavy atom. The number of rotatable bonds is 7. The molecular weight excluding hydrogens is 479 g/mol. The fourth-order valence-electron chi connectivity index (χ4n) is 0.258. The maximum atomic E-state index is 10.3. The summed E-state index contributed by atoms with van der Waals surface area (Å²) in [5.41, 5.74) is 0. The number of carbonyl (C=O) groups excluding carboxylic acids is 2. The number of carboxylic acids is 1. The third-order valence-electron chi connectivity index (χ3n) is 1.73. The van der Waals surface area contributed by atoms with Crippen molar-refractivity contribution in [3.05, 3.63) is 13.8 Å². The van der Waals surface area contributed by atoms with Gasteiger partial charge in [0, 0.05) is 18.1 Å². The monoisotopic (exact) mass is 518 g/mol. The van der Waals surface area contributed by atoms with Gasteiger partial charge in [-0.15, -0.1) is 5.75 Å². The summed E-state index contributed by atoms with van der Waals surface area (Å²) >= 11 is 8.21. The molecule has 0 spiro atoms. The number of aliphatic carboxylic acids is 1. The van der Waals surface area contributed by atoms with Gasteiger partial charge in [0.25, 0.3) is 0 Å². The minimum atomic E-state index is -0.995. The van der Waals surface area contributed by atoms with Crippen LogP contribution in [0.3, 0.4) is 0 Å². The van der Waals surface area contributed by atoms with E-state index in [1.807, 2.05) is 0 Å². The first-order chi connectivity index (χ1) is 11.8. The molecular formula is C18H38O5S2Sn. The normalized spacial score (nSPS) is 7.58. The molecule has 0 aromatic carbocycles. The Kier molecular flexibility index (Phi) is 78.6. The van der Waals surface area contributed by atoms with Crippen LogP contribution in [0.25, 0.3) is 0 Å². The molecule has 0 rings (SSSR count). The van der Waals surface area contributed by atoms with Gasteiger partial charge in [-0.3, -0.25) is 4.79 Å². The van der Waals surface area contributed by atoms with Crippen LogP contribution in [0, 0.1) is 13.8 Å². The Labute approximate surface area is 189 Å². The van der Waals surface area contributed by atoms with Gasteiger partial charge in [0.1, 0.15) is 0 Å². The van der Waals surface area contributed by atoms with Gasteiger partial charge in [-0.2, -0.15) is 12.6 Å². The summed E-state index contributed by atoms with van der Waals surface area (Å²) in [7, 11) is 0. The van der Waals surface area contributed by atoms with E-state index >= 15 is 0 Å². The second-order valence-corrected chi connectivity index (χ2v) is 5.01. The summed E-state index contributed by atoms with van der Waals surface area (Å²) in [5, 5.41) is 17.1. The molecule has 0 aliphatic heterocycles. The second-order valence-electron chi connectivity index (χ2n) is 4.16. The van der Waals surface area contributed by atoms with E-state index in [0.29, 0.717) is 24.5 Å². The third-order valence-corrected chi connectivity index (χ3v) is 2.10. The third kappa shape index (κ3) is 103. The number of thiol groups is 1. The topological polar surface area (TPSA) is 86.7 Å². The van der Waals surface area contributed by atoms with Crippen molar-refractivity contribution in [2.45, 2.75) is 66.2 Å². The van der Waals surface area contributed by atoms with E-state index in [4.69, 9.17) is 5.11 Å². The van der Waals surface area contributed by atoms with Crippen molar-refractivity contribution in [1.29, 1.82) is 0 Å². The van der Waals surface area contributed by atoms with E-state index < -0.39 is 5.97 Å². The summed E-state index contributed by atoms with van der Waals surface area (Å²) < 4.78 is 4.60. The smallest absolute Gasteiger partial charge is 0.789 e. The zero-order valence-corrected chi connectivity index (χ0v) is 21.5. The molecule has 0 unspecified atom stereocenters. The maximum absolute atomic E-state index is 10.3. The fourth-order valence-corrected chi connectivity index (χ4v) is 0.341. The van der Waals surface area contributed by atoms with Crippen molar-refractivity contribution in [2.24, 2.45) is 0 Å². The van der Waals surface area contributed by atoms with E-state index in [9.17, 15) is 14.7 Å². The van der Waals surface area contributed by atoms with Crippen LogP contribution in [0.15, 0.2) is 0 Å². The summed E-state index contributed by atoms with van der Waals surface area (Å²) in [5.74, 6) is -0.106. The number of carboxylic acid groups (broad SMARTS) is 1. The number of unbranched alkanes of at least 4 members (excludes halogenated alkanes) is 2. The summed E-state index contributed by atoms with van der Waals surface area (Å²) in [6, 6.07) is 0. The first-order valence-electron chi connectivity index (χ1n) is 8.56. The molecule has 0 aromatic rings. The Morgan fingerprint density at radius 2 is 1.38 bits per heavy atom. The van der Waals surface area contributed by atoms with E-state index in [1.54, 1.807) is 6.92 Å². The molecule has 26 heavy (non-hydrogen) atoms. The average molecular weight is 517 g/mol. The van der Waals surface area contributed by atoms with Gasteiger partial charge in [-0.1, -0.05) is 67.2 Å². The summed E-state index contributed by atoms with van der Waals surface area (Å²) in [6.45, 7) is 15.3. The first kappa shape index (κ1) is 40.9. The average Bonchev–Trinajstić information content (AvgIpc) is 2.66. The minimum Gasteiger partial charge on any atom is -0.789 e. The molecule has 0 aliphatic rings. The molecule has 0 heterocycles. The van der Waals surface area contributed by atoms with Gasteiger partial charge in [0.05, 0.1) is 13.2 Å². The standard InChI is InChI=1S/C5H10O2S.2C4H9.C3H6O2.C2H6OS.Sn/c1-2-5(6)7-3-4-8;2*1-3-4-2;1-2-3(4)5;3-1-2-4;/h8H,2-4H2,1H3;2*1,3-4H2,2H3;2H2,1H3,(H,4,5);3-4H,1-2H2;/q;;;;;+2/p-2. The maximum Gasteiger partial charge on any atom is 2.00 e. The van der Waals surface area contributed by atoms with Crippen LogP contribution in [0.2, 0.25) is 0 Å². The van der Waals surface area contributed by atoms with Crippen LogP contribution < -0.4 is 5.11 Å². The Morgan fingerprint density at radius 3 is 1.50 bits per heavy atom. The molecule has 0 atom stereocenters. The van der Waals surface area contributed by atoms with Crippen LogP contribution in [0.4, 0.5) is 0 Å². The molecule has 8 heteroatoms. The largest absolute Gasteiger partial charge is 2.00 e. The molecule has 0 bridgehead atoms. The molecule has 4 radical (unpaired) electrons. The zero-order chi connectivity index (χ0) is 20.9. The van der Waals surface area contributed by atoms with E-state index in [2.05, 4.69) is 57.7 Å². The summed E-state index contributed by atoms with van der Waals surface area (Å²) in [6.07, 6.45) is 5.11. The van der Waals surface area contributed by atoms with Crippen LogP contribution in [-0.2, 0) is 27.0 Å². The number of hydrogen-bond acceptors (Lipinski definition) is 7. The second kappa shape index (κ2) is 49.9. The molecule has 0 aliphatic carbocycles. The number of ether oxygens (including phenoxy) is 1. The SMILES string of the molecule is CCC(=O)OCC[S-].CCC(=O)[O-].OCCS.[CH2]CCC.[CH2]CCC.[Sn+2]. The van der Waals surface area contributed by atoms with Crippen molar-refractivity contribution in [3.63, 3.8) is 0 Å². The van der Waals surface area contributed by atoms with Crippen LogP contribution in [0.5, 0.6) is 0 Å². The van der Waals surface area contributed by atoms with Gasteiger partial charge in [0.2, 0.25) is 0 Å². The van der Waals surface area contributed by atoms with E-state index in [1.165, 1.54) is 19.8 Å². The Balaban J connectivity index is -0.0000000494. The van der Waals surface area contributed by atoms with Crippen molar-refractivity contribution < 1.29 is 24.5 Å². The van der Waals surface area contributed by atoms with E-state index in [-0.39, 0.29) is 42.9 Å². The number of carbonyl (C=O) groups is 2. The number of esters is 1. The van der Waals surface area contributed by atoms with Gasteiger partial charge in [-0.05, 0) is 6.42 Å². The number of aliphatic hydroxyl groups is 1. The molecule has 156 valence electrons. The molecule has 0 saturated heterocycles. The molecule has 0 fully saturated rings. The Hall–Kier alpha value is 0.399. The van der Waals surface area contributed by atoms with Crippen LogP contribution >= 0.6 is 12.6 Å². The van der Waals surface area contributed by atoms with Crippen molar-refractivity contribution in [1.82, 2.24) is 0 Å². The van der Waals surface area contributed by atoms with Gasteiger partial charge < -0.3 is 32.4 Å².